The topological polar surface area (TPSA) is 116 Å². The summed E-state index contributed by atoms with van der Waals surface area (Å²) >= 11 is 0. The summed E-state index contributed by atoms with van der Waals surface area (Å²) in [6, 6.07) is 10.8. The van der Waals surface area contributed by atoms with Gasteiger partial charge in [-0.25, -0.2) is 13.6 Å². The second-order valence-electron chi connectivity index (χ2n) is 4.16. The third-order valence-electron chi connectivity index (χ3n) is 2.61. The molecule has 5 N–H and O–H groups in total. The van der Waals surface area contributed by atoms with Gasteiger partial charge in [0.1, 0.15) is 16.4 Å². The van der Waals surface area contributed by atoms with Crippen LogP contribution >= 0.6 is 0 Å². The smallest absolute Gasteiger partial charge is 0.241 e. The van der Waals surface area contributed by atoms with Crippen molar-refractivity contribution < 1.29 is 18.3 Å². The maximum Gasteiger partial charge on any atom is 0.241 e. The minimum Gasteiger partial charge on any atom is -0.456 e. The van der Waals surface area contributed by atoms with E-state index in [1.807, 2.05) is 0 Å². The zero-order valence-electron chi connectivity index (χ0n) is 10.5. The van der Waals surface area contributed by atoms with Crippen LogP contribution in [0.4, 0.5) is 5.69 Å². The fourth-order valence-electron chi connectivity index (χ4n) is 1.62. The summed E-state index contributed by atoms with van der Waals surface area (Å²) in [6.45, 7) is -0.0788. The average Bonchev–Trinajstić information content (AvgIpc) is 2.40. The minimum atomic E-state index is -3.93. The lowest BCUT2D eigenvalue weighted by Gasteiger charge is -2.10. The molecule has 0 aliphatic carbocycles. The number of nitrogens with two attached hydrogens (primary N) is 2. The number of anilines is 1. The number of hydrogen-bond acceptors (Lipinski definition) is 5. The molecule has 0 saturated heterocycles. The maximum absolute atomic E-state index is 11.5. The summed E-state index contributed by atoms with van der Waals surface area (Å²) in [6.07, 6.45) is 0. The summed E-state index contributed by atoms with van der Waals surface area (Å²) in [5.41, 5.74) is 6.55. The fourth-order valence-corrected chi connectivity index (χ4v) is 2.31. The van der Waals surface area contributed by atoms with Crippen LogP contribution in [0.15, 0.2) is 47.4 Å². The molecule has 7 heteroatoms. The largest absolute Gasteiger partial charge is 0.456 e. The Morgan fingerprint density at radius 2 is 1.75 bits per heavy atom. The number of ether oxygens (including phenoxy) is 1. The van der Waals surface area contributed by atoms with Crippen molar-refractivity contribution in [2.75, 3.05) is 5.73 Å². The summed E-state index contributed by atoms with van der Waals surface area (Å²) in [7, 11) is -3.93. The van der Waals surface area contributed by atoms with Crippen LogP contribution in [0.2, 0.25) is 0 Å². The average molecular weight is 294 g/mol. The zero-order chi connectivity index (χ0) is 14.8. The molecule has 0 amide bonds. The predicted molar refractivity (Wildman–Crippen MR) is 74.7 cm³/mol. The van der Waals surface area contributed by atoms with Crippen molar-refractivity contribution in [2.45, 2.75) is 11.5 Å². The van der Waals surface area contributed by atoms with E-state index >= 15 is 0 Å². The van der Waals surface area contributed by atoms with Crippen molar-refractivity contribution in [3.63, 3.8) is 0 Å². The first-order valence-electron chi connectivity index (χ1n) is 5.70. The number of hydrogen-bond donors (Lipinski definition) is 3. The molecule has 0 spiro atoms. The van der Waals surface area contributed by atoms with Crippen LogP contribution in [-0.4, -0.2) is 13.5 Å². The molecule has 0 atom stereocenters. The lowest BCUT2D eigenvalue weighted by molar-refractivity contribution is 0.281. The molecule has 0 aliphatic rings. The first kappa shape index (κ1) is 14.3. The van der Waals surface area contributed by atoms with Gasteiger partial charge < -0.3 is 15.6 Å². The molecule has 0 saturated carbocycles. The molecule has 0 bridgehead atoms. The number of sulfonamides is 1. The van der Waals surface area contributed by atoms with Crippen molar-refractivity contribution in [1.29, 1.82) is 0 Å². The van der Waals surface area contributed by atoms with Gasteiger partial charge in [-0.05, 0) is 35.9 Å². The van der Waals surface area contributed by atoms with Crippen molar-refractivity contribution in [2.24, 2.45) is 5.14 Å². The number of rotatable bonds is 4. The van der Waals surface area contributed by atoms with Gasteiger partial charge >= 0.3 is 0 Å². The van der Waals surface area contributed by atoms with E-state index in [1.54, 1.807) is 24.3 Å². The Balaban J connectivity index is 2.38. The Bertz CT molecular complexity index is 712. The Morgan fingerprint density at radius 1 is 1.10 bits per heavy atom. The molecule has 0 unspecified atom stereocenters. The Kier molecular flexibility index (Phi) is 3.93. The van der Waals surface area contributed by atoms with Gasteiger partial charge in [-0.2, -0.15) is 0 Å². The predicted octanol–water partition coefficient (Wildman–Crippen LogP) is 1.20. The van der Waals surface area contributed by atoms with E-state index in [4.69, 9.17) is 20.7 Å². The van der Waals surface area contributed by atoms with E-state index in [1.165, 1.54) is 18.2 Å². The van der Waals surface area contributed by atoms with Gasteiger partial charge in [0.2, 0.25) is 10.0 Å². The highest BCUT2D eigenvalue weighted by molar-refractivity contribution is 7.89. The Labute approximate surface area is 116 Å². The Morgan fingerprint density at radius 3 is 2.30 bits per heavy atom. The van der Waals surface area contributed by atoms with E-state index in [9.17, 15) is 8.42 Å². The second-order valence-corrected chi connectivity index (χ2v) is 5.69. The normalized spacial score (nSPS) is 11.3. The molecule has 0 radical (unpaired) electrons. The molecule has 0 aromatic heterocycles. The Hall–Kier alpha value is -2.09. The van der Waals surface area contributed by atoms with Gasteiger partial charge in [-0.3, -0.25) is 0 Å². The van der Waals surface area contributed by atoms with Gasteiger partial charge in [-0.15, -0.1) is 0 Å². The van der Waals surface area contributed by atoms with Crippen LogP contribution < -0.4 is 15.6 Å². The first-order valence-corrected chi connectivity index (χ1v) is 7.25. The highest BCUT2D eigenvalue weighted by Crippen LogP contribution is 2.29. The van der Waals surface area contributed by atoms with Crippen molar-refractivity contribution >= 4 is 15.7 Å². The highest BCUT2D eigenvalue weighted by atomic mass is 32.2. The monoisotopic (exact) mass is 294 g/mol. The van der Waals surface area contributed by atoms with Crippen molar-refractivity contribution in [3.05, 3.63) is 48.0 Å². The van der Waals surface area contributed by atoms with Crippen LogP contribution in [0.5, 0.6) is 11.5 Å². The molecule has 0 heterocycles. The maximum atomic E-state index is 11.5. The molecule has 2 rings (SSSR count). The minimum absolute atomic E-state index is 0.0788. The van der Waals surface area contributed by atoms with Crippen LogP contribution in [0.25, 0.3) is 0 Å². The number of aliphatic hydroxyl groups is 1. The van der Waals surface area contributed by atoms with E-state index < -0.39 is 10.0 Å². The van der Waals surface area contributed by atoms with Gasteiger partial charge in [0.05, 0.1) is 6.61 Å². The number of aliphatic hydroxyl groups excluding tert-OH is 1. The SMILES string of the molecule is Nc1ccc(Oc2ccc(CO)cc2)c(S(N)(=O)=O)c1. The molecule has 0 fully saturated rings. The molecule has 106 valence electrons. The van der Waals surface area contributed by atoms with E-state index in [0.717, 1.165) is 5.56 Å². The third kappa shape index (κ3) is 3.27. The molecule has 20 heavy (non-hydrogen) atoms. The standard InChI is InChI=1S/C13H14N2O4S/c14-10-3-6-12(13(7-10)20(15,17)18)19-11-4-1-9(8-16)2-5-11/h1-7,16H,8,14H2,(H2,15,17,18). The van der Waals surface area contributed by atoms with Gasteiger partial charge in [-0.1, -0.05) is 12.1 Å². The van der Waals surface area contributed by atoms with E-state index in [0.29, 0.717) is 5.75 Å². The number of benzene rings is 2. The van der Waals surface area contributed by atoms with Crippen LogP contribution in [0, 0.1) is 0 Å². The third-order valence-corrected chi connectivity index (χ3v) is 3.54. The molecule has 0 aliphatic heterocycles. The van der Waals surface area contributed by atoms with Crippen LogP contribution in [-0.2, 0) is 16.6 Å². The highest BCUT2D eigenvalue weighted by Gasteiger charge is 2.16. The zero-order valence-corrected chi connectivity index (χ0v) is 11.3. The lowest BCUT2D eigenvalue weighted by Crippen LogP contribution is -2.13. The quantitative estimate of drug-likeness (QED) is 0.733. The van der Waals surface area contributed by atoms with Crippen molar-refractivity contribution in [3.8, 4) is 11.5 Å². The van der Waals surface area contributed by atoms with Crippen LogP contribution in [0.1, 0.15) is 5.56 Å². The first-order chi connectivity index (χ1) is 9.40. The summed E-state index contributed by atoms with van der Waals surface area (Å²) in [4.78, 5) is -0.177. The second kappa shape index (κ2) is 5.49. The fraction of sp³-hybridized carbons (Fsp3) is 0.0769. The molecular weight excluding hydrogens is 280 g/mol. The number of nitrogen functional groups attached to an aromatic ring is 1. The number of primary sulfonamides is 1. The van der Waals surface area contributed by atoms with Gasteiger partial charge in [0.15, 0.2) is 0 Å². The van der Waals surface area contributed by atoms with Crippen LogP contribution in [0.3, 0.4) is 0 Å². The molecular formula is C13H14N2O4S. The summed E-state index contributed by atoms with van der Waals surface area (Å²) in [5, 5.41) is 14.1. The molecule has 2 aromatic carbocycles. The van der Waals surface area contributed by atoms with E-state index in [2.05, 4.69) is 0 Å². The molecule has 6 nitrogen and oxygen atoms in total. The summed E-state index contributed by atoms with van der Waals surface area (Å²) < 4.78 is 28.5. The van der Waals surface area contributed by atoms with Gasteiger partial charge in [0.25, 0.3) is 0 Å². The lowest BCUT2D eigenvalue weighted by atomic mass is 10.2. The molecule has 2 aromatic rings. The summed E-state index contributed by atoms with van der Waals surface area (Å²) in [5.74, 6) is 0.523. The van der Waals surface area contributed by atoms with Crippen molar-refractivity contribution in [1.82, 2.24) is 0 Å². The van der Waals surface area contributed by atoms with Gasteiger partial charge in [0, 0.05) is 5.69 Å². The van der Waals surface area contributed by atoms with E-state index in [-0.39, 0.29) is 22.9 Å².